The molecule has 0 bridgehead atoms. The van der Waals surface area contributed by atoms with Crippen LogP contribution >= 0.6 is 0 Å². The van der Waals surface area contributed by atoms with Gasteiger partial charge in [-0.05, 0) is 20.8 Å². The van der Waals surface area contributed by atoms with E-state index in [9.17, 15) is 9.59 Å². The van der Waals surface area contributed by atoms with Crippen molar-refractivity contribution in [1.29, 1.82) is 0 Å². The third kappa shape index (κ3) is 5.27. The smallest absolute Gasteiger partial charge is 0.333 e. The van der Waals surface area contributed by atoms with Gasteiger partial charge in [-0.3, -0.25) is 4.79 Å². The van der Waals surface area contributed by atoms with E-state index >= 15 is 0 Å². The van der Waals surface area contributed by atoms with Gasteiger partial charge in [-0.1, -0.05) is 6.58 Å². The van der Waals surface area contributed by atoms with Crippen molar-refractivity contribution in [3.63, 3.8) is 0 Å². The van der Waals surface area contributed by atoms with Crippen molar-refractivity contribution in [2.24, 2.45) is 0 Å². The lowest BCUT2D eigenvalue weighted by molar-refractivity contribution is -0.172. The summed E-state index contributed by atoms with van der Waals surface area (Å²) >= 11 is 0. The third-order valence-corrected chi connectivity index (χ3v) is 3.61. The van der Waals surface area contributed by atoms with Gasteiger partial charge in [0.05, 0.1) is 19.6 Å². The largest absolute Gasteiger partial charge is 0.462 e. The van der Waals surface area contributed by atoms with Crippen molar-refractivity contribution in [2.45, 2.75) is 58.1 Å². The Morgan fingerprint density at radius 1 is 1.12 bits per heavy atom. The molecule has 4 atom stereocenters. The van der Waals surface area contributed by atoms with Gasteiger partial charge < -0.3 is 28.4 Å². The first-order valence-corrected chi connectivity index (χ1v) is 7.93. The summed E-state index contributed by atoms with van der Waals surface area (Å²) in [6.07, 6.45) is -2.31. The first kappa shape index (κ1) is 18.9. The summed E-state index contributed by atoms with van der Waals surface area (Å²) < 4.78 is 32.3. The number of rotatable bonds is 7. The van der Waals surface area contributed by atoms with Crippen LogP contribution in [0, 0.1) is 0 Å². The molecule has 0 amide bonds. The summed E-state index contributed by atoms with van der Waals surface area (Å²) in [6.45, 7) is 9.07. The molecular formula is C16H24O8. The fourth-order valence-corrected chi connectivity index (χ4v) is 2.41. The van der Waals surface area contributed by atoms with Crippen molar-refractivity contribution < 1.29 is 38.0 Å². The minimum Gasteiger partial charge on any atom is -0.462 e. The highest BCUT2D eigenvalue weighted by Crippen LogP contribution is 2.25. The molecule has 0 aromatic heterocycles. The van der Waals surface area contributed by atoms with E-state index in [1.165, 1.54) is 6.92 Å². The van der Waals surface area contributed by atoms with Gasteiger partial charge in [-0.25, -0.2) is 4.79 Å². The zero-order valence-corrected chi connectivity index (χ0v) is 14.2. The molecule has 8 heteroatoms. The molecule has 0 aliphatic carbocycles. The number of carbonyl (C=O) groups excluding carboxylic acids is 2. The monoisotopic (exact) mass is 344 g/mol. The molecule has 0 aromatic rings. The summed E-state index contributed by atoms with van der Waals surface area (Å²) in [6, 6.07) is 0. The van der Waals surface area contributed by atoms with E-state index in [0.29, 0.717) is 13.2 Å². The average molecular weight is 344 g/mol. The second-order valence-corrected chi connectivity index (χ2v) is 5.77. The van der Waals surface area contributed by atoms with E-state index in [1.54, 1.807) is 13.8 Å². The minimum absolute atomic E-state index is 0.0677. The lowest BCUT2D eigenvalue weighted by Gasteiger charge is -2.26. The Morgan fingerprint density at radius 3 is 2.08 bits per heavy atom. The molecular weight excluding hydrogens is 320 g/mol. The van der Waals surface area contributed by atoms with Gasteiger partial charge in [0.25, 0.3) is 0 Å². The average Bonchev–Trinajstić information content (AvgIpc) is 3.13. The van der Waals surface area contributed by atoms with Gasteiger partial charge in [0.1, 0.15) is 18.8 Å². The summed E-state index contributed by atoms with van der Waals surface area (Å²) in [4.78, 5) is 23.3. The second kappa shape index (κ2) is 8.57. The van der Waals surface area contributed by atoms with Crippen LogP contribution < -0.4 is 0 Å². The van der Waals surface area contributed by atoms with Gasteiger partial charge in [-0.2, -0.15) is 0 Å². The van der Waals surface area contributed by atoms with Crippen LogP contribution in [0.4, 0.5) is 0 Å². The summed E-state index contributed by atoms with van der Waals surface area (Å²) in [5.74, 6) is -1.05. The Kier molecular flexibility index (Phi) is 6.73. The molecule has 4 unspecified atom stereocenters. The molecule has 136 valence electrons. The van der Waals surface area contributed by atoms with Crippen molar-refractivity contribution in [2.75, 3.05) is 19.8 Å². The van der Waals surface area contributed by atoms with Gasteiger partial charge in [0.15, 0.2) is 18.7 Å². The Hall–Kier alpha value is -1.48. The summed E-state index contributed by atoms with van der Waals surface area (Å²) in [5, 5.41) is 0. The Labute approximate surface area is 141 Å². The molecule has 8 nitrogen and oxygen atoms in total. The fraction of sp³-hybridized carbons (Fsp3) is 0.750. The van der Waals surface area contributed by atoms with Crippen LogP contribution in [0.3, 0.4) is 0 Å². The molecule has 0 N–H and O–H groups in total. The lowest BCUT2D eigenvalue weighted by atomic mass is 10.1. The van der Waals surface area contributed by atoms with Crippen molar-refractivity contribution in [1.82, 2.24) is 0 Å². The van der Waals surface area contributed by atoms with Crippen LogP contribution in [-0.2, 0) is 38.0 Å². The Bertz CT molecular complexity index is 457. The number of hydrogen-bond donors (Lipinski definition) is 0. The van der Waals surface area contributed by atoms with E-state index in [4.69, 9.17) is 28.4 Å². The Morgan fingerprint density at radius 2 is 1.67 bits per heavy atom. The van der Waals surface area contributed by atoms with Crippen LogP contribution in [0.25, 0.3) is 0 Å². The van der Waals surface area contributed by atoms with Crippen molar-refractivity contribution in [3.05, 3.63) is 12.2 Å². The zero-order chi connectivity index (χ0) is 17.7. The molecule has 0 aromatic carbocycles. The summed E-state index contributed by atoms with van der Waals surface area (Å²) in [7, 11) is 0. The Balaban J connectivity index is 1.86. The molecule has 2 heterocycles. The van der Waals surface area contributed by atoms with Gasteiger partial charge >= 0.3 is 11.9 Å². The molecule has 2 saturated heterocycles. The van der Waals surface area contributed by atoms with Gasteiger partial charge in [0.2, 0.25) is 0 Å². The topological polar surface area (TPSA) is 89.5 Å². The van der Waals surface area contributed by atoms with Gasteiger partial charge in [-0.15, -0.1) is 0 Å². The third-order valence-electron chi connectivity index (χ3n) is 3.61. The van der Waals surface area contributed by atoms with E-state index in [-0.39, 0.29) is 31.2 Å². The highest BCUT2D eigenvalue weighted by molar-refractivity contribution is 5.87. The van der Waals surface area contributed by atoms with Crippen LogP contribution in [-0.4, -0.2) is 62.7 Å². The second-order valence-electron chi connectivity index (χ2n) is 5.77. The van der Waals surface area contributed by atoms with E-state index in [0.717, 1.165) is 0 Å². The predicted octanol–water partition coefficient (Wildman–Crippen LogP) is 0.930. The maximum absolute atomic E-state index is 12.1. The van der Waals surface area contributed by atoms with Crippen molar-refractivity contribution >= 4 is 11.9 Å². The first-order valence-electron chi connectivity index (χ1n) is 7.93. The quantitative estimate of drug-likeness (QED) is 0.498. The zero-order valence-electron chi connectivity index (χ0n) is 14.2. The normalized spacial score (nSPS) is 30.8. The fourth-order valence-electron chi connectivity index (χ4n) is 2.41. The predicted molar refractivity (Wildman–Crippen MR) is 80.8 cm³/mol. The minimum atomic E-state index is -0.649. The number of carbonyl (C=O) groups is 2. The number of ether oxygens (including phenoxy) is 6. The standard InChI is InChI=1S/C16H24O8/c1-9(2)16(18)19-6-5-14(17)24-15(12-7-20-10(3)22-12)13-8-21-11(4)23-13/h10-13,15H,1,5-8H2,2-4H3. The van der Waals surface area contributed by atoms with E-state index in [2.05, 4.69) is 6.58 Å². The molecule has 0 radical (unpaired) electrons. The van der Waals surface area contributed by atoms with Crippen LogP contribution in [0.15, 0.2) is 12.2 Å². The van der Waals surface area contributed by atoms with E-state index < -0.39 is 30.3 Å². The van der Waals surface area contributed by atoms with Crippen molar-refractivity contribution in [3.8, 4) is 0 Å². The highest BCUT2D eigenvalue weighted by Gasteiger charge is 2.42. The van der Waals surface area contributed by atoms with Gasteiger partial charge in [0, 0.05) is 5.57 Å². The molecule has 24 heavy (non-hydrogen) atoms. The number of esters is 2. The number of hydrogen-bond acceptors (Lipinski definition) is 8. The maximum Gasteiger partial charge on any atom is 0.333 e. The maximum atomic E-state index is 12.1. The summed E-state index contributed by atoms with van der Waals surface area (Å²) in [5.41, 5.74) is 0.275. The molecule has 2 aliphatic rings. The molecule has 2 fully saturated rings. The lowest BCUT2D eigenvalue weighted by Crippen LogP contribution is -2.44. The molecule has 0 spiro atoms. The highest BCUT2D eigenvalue weighted by atomic mass is 16.8. The van der Waals surface area contributed by atoms with Crippen LogP contribution in [0.5, 0.6) is 0 Å². The molecule has 2 aliphatic heterocycles. The molecule has 0 saturated carbocycles. The first-order chi connectivity index (χ1) is 11.4. The van der Waals surface area contributed by atoms with Crippen LogP contribution in [0.2, 0.25) is 0 Å². The van der Waals surface area contributed by atoms with E-state index in [1.807, 2.05) is 0 Å². The SMILES string of the molecule is C=C(C)C(=O)OCCC(=O)OC(C1COC(C)O1)C1COC(C)O1. The molecule has 2 rings (SSSR count). The van der Waals surface area contributed by atoms with Crippen LogP contribution in [0.1, 0.15) is 27.2 Å².